The van der Waals surface area contributed by atoms with Crippen LogP contribution in [0.15, 0.2) is 85.6 Å². The second-order valence-corrected chi connectivity index (χ2v) is 6.99. The first-order valence-corrected chi connectivity index (χ1v) is 9.64. The smallest absolute Gasteiger partial charge is 0.189 e. The molecule has 6 nitrogen and oxygen atoms in total. The third-order valence-electron chi connectivity index (χ3n) is 4.78. The van der Waals surface area contributed by atoms with Crippen LogP contribution in [-0.4, -0.2) is 31.3 Å². The van der Waals surface area contributed by atoms with Crippen molar-refractivity contribution in [2.75, 3.05) is 0 Å². The quantitative estimate of drug-likeness (QED) is 0.335. The Bertz CT molecular complexity index is 1150. The number of carbonyl (C=O) groups is 2. The van der Waals surface area contributed by atoms with Crippen molar-refractivity contribution < 1.29 is 9.59 Å². The van der Waals surface area contributed by atoms with Crippen molar-refractivity contribution in [1.29, 1.82) is 0 Å². The van der Waals surface area contributed by atoms with Gasteiger partial charge in [-0.2, -0.15) is 5.10 Å². The van der Waals surface area contributed by atoms with Crippen molar-refractivity contribution in [2.45, 2.75) is 19.4 Å². The lowest BCUT2D eigenvalue weighted by Gasteiger charge is -2.08. The van der Waals surface area contributed by atoms with Crippen LogP contribution >= 0.6 is 0 Å². The fraction of sp³-hybridized carbons (Fsp3) is 0.125. The lowest BCUT2D eigenvalue weighted by molar-refractivity contribution is 0.0890. The van der Waals surface area contributed by atoms with Gasteiger partial charge in [0.1, 0.15) is 18.3 Å². The molecule has 0 aliphatic carbocycles. The van der Waals surface area contributed by atoms with Crippen LogP contribution in [0.1, 0.15) is 44.0 Å². The fourth-order valence-corrected chi connectivity index (χ4v) is 3.32. The Balaban J connectivity index is 1.48. The second kappa shape index (κ2) is 9.05. The third kappa shape index (κ3) is 4.72. The summed E-state index contributed by atoms with van der Waals surface area (Å²) in [5.41, 5.74) is 3.74. The van der Waals surface area contributed by atoms with Crippen molar-refractivity contribution in [3.8, 4) is 0 Å². The minimum Gasteiger partial charge on any atom is -0.294 e. The zero-order valence-electron chi connectivity index (χ0n) is 16.3. The molecule has 0 atom stereocenters. The van der Waals surface area contributed by atoms with Crippen LogP contribution in [-0.2, 0) is 13.0 Å². The van der Waals surface area contributed by atoms with Gasteiger partial charge >= 0.3 is 0 Å². The summed E-state index contributed by atoms with van der Waals surface area (Å²) in [4.78, 5) is 33.7. The highest BCUT2D eigenvalue weighted by atomic mass is 16.1. The maximum atomic E-state index is 12.8. The number of benzene rings is 2. The summed E-state index contributed by atoms with van der Waals surface area (Å²) in [6, 6.07) is 21.1. The Morgan fingerprint density at radius 2 is 1.70 bits per heavy atom. The van der Waals surface area contributed by atoms with E-state index in [0.717, 1.165) is 12.0 Å². The average Bonchev–Trinajstić information content (AvgIpc) is 3.28. The van der Waals surface area contributed by atoms with E-state index in [-0.39, 0.29) is 18.0 Å². The molecule has 0 saturated carbocycles. The number of hydrogen-bond acceptors (Lipinski definition) is 5. The number of Topliss-reactive ketones (excluding diaryl/α,β-unsaturated/α-hetero) is 2. The lowest BCUT2D eigenvalue weighted by Crippen LogP contribution is -2.14. The van der Waals surface area contributed by atoms with Gasteiger partial charge in [0.25, 0.3) is 0 Å². The van der Waals surface area contributed by atoms with Crippen LogP contribution in [0.3, 0.4) is 0 Å². The van der Waals surface area contributed by atoms with Gasteiger partial charge in [0.15, 0.2) is 11.6 Å². The number of rotatable bonds is 8. The minimum absolute atomic E-state index is 0.215. The van der Waals surface area contributed by atoms with E-state index < -0.39 is 0 Å². The molecule has 0 spiro atoms. The first-order chi connectivity index (χ1) is 14.7. The third-order valence-corrected chi connectivity index (χ3v) is 4.78. The Hall–Kier alpha value is -3.93. The molecule has 0 N–H and O–H groups in total. The largest absolute Gasteiger partial charge is 0.294 e. The number of ketones is 2. The molecule has 0 aliphatic rings. The molecule has 2 aromatic heterocycles. The predicted molar refractivity (Wildman–Crippen MR) is 112 cm³/mol. The Kier molecular flexibility index (Phi) is 5.85. The topological polar surface area (TPSA) is 77.7 Å². The summed E-state index contributed by atoms with van der Waals surface area (Å²) in [6.45, 7) is 0.371. The van der Waals surface area contributed by atoms with E-state index in [1.54, 1.807) is 29.3 Å². The van der Waals surface area contributed by atoms with Gasteiger partial charge in [-0.05, 0) is 29.7 Å². The Morgan fingerprint density at radius 3 is 2.50 bits per heavy atom. The number of nitrogens with zero attached hydrogens (tertiary/aromatic N) is 4. The molecular weight excluding hydrogens is 376 g/mol. The van der Waals surface area contributed by atoms with Crippen molar-refractivity contribution in [1.82, 2.24) is 19.7 Å². The van der Waals surface area contributed by atoms with E-state index in [4.69, 9.17) is 0 Å². The van der Waals surface area contributed by atoms with E-state index in [9.17, 15) is 9.59 Å². The van der Waals surface area contributed by atoms with Gasteiger partial charge in [-0.3, -0.25) is 14.6 Å². The number of hydrogen-bond donors (Lipinski definition) is 0. The van der Waals surface area contributed by atoms with Gasteiger partial charge in [-0.15, -0.1) is 0 Å². The molecule has 30 heavy (non-hydrogen) atoms. The summed E-state index contributed by atoms with van der Waals surface area (Å²) in [7, 11) is 0. The van der Waals surface area contributed by atoms with Gasteiger partial charge in [-0.1, -0.05) is 54.6 Å². The molecule has 0 amide bonds. The average molecular weight is 396 g/mol. The van der Waals surface area contributed by atoms with Crippen molar-refractivity contribution in [3.63, 3.8) is 0 Å². The van der Waals surface area contributed by atoms with E-state index in [2.05, 4.69) is 27.2 Å². The molecule has 0 radical (unpaired) electrons. The van der Waals surface area contributed by atoms with E-state index >= 15 is 0 Å². The van der Waals surface area contributed by atoms with Crippen LogP contribution in [0.4, 0.5) is 0 Å². The van der Waals surface area contributed by atoms with Crippen LogP contribution in [0.2, 0.25) is 0 Å². The van der Waals surface area contributed by atoms with Crippen molar-refractivity contribution in [2.24, 2.45) is 0 Å². The Morgan fingerprint density at radius 1 is 0.867 bits per heavy atom. The van der Waals surface area contributed by atoms with Gasteiger partial charge in [0, 0.05) is 17.3 Å². The van der Waals surface area contributed by atoms with Gasteiger partial charge in [-0.25, -0.2) is 9.67 Å². The molecule has 2 heterocycles. The van der Waals surface area contributed by atoms with Crippen molar-refractivity contribution in [3.05, 3.63) is 114 Å². The maximum absolute atomic E-state index is 12.8. The summed E-state index contributed by atoms with van der Waals surface area (Å²) in [5.74, 6) is -0.517. The zero-order valence-corrected chi connectivity index (χ0v) is 16.3. The fourth-order valence-electron chi connectivity index (χ4n) is 3.32. The van der Waals surface area contributed by atoms with Crippen LogP contribution in [0.5, 0.6) is 0 Å². The number of carbonyl (C=O) groups excluding carboxylic acids is 2. The van der Waals surface area contributed by atoms with E-state index in [1.807, 2.05) is 42.5 Å². The summed E-state index contributed by atoms with van der Waals surface area (Å²) >= 11 is 0. The summed E-state index contributed by atoms with van der Waals surface area (Å²) in [5, 5.41) is 4.06. The molecule has 2 aromatic carbocycles. The number of pyridine rings is 1. The van der Waals surface area contributed by atoms with Crippen LogP contribution in [0, 0.1) is 0 Å². The molecule has 4 aromatic rings. The van der Waals surface area contributed by atoms with Crippen LogP contribution in [0.25, 0.3) is 0 Å². The molecule has 0 bridgehead atoms. The molecular formula is C24H20N4O2. The molecule has 0 aliphatic heterocycles. The molecule has 0 unspecified atom stereocenters. The van der Waals surface area contributed by atoms with Gasteiger partial charge in [0.05, 0.1) is 13.0 Å². The van der Waals surface area contributed by atoms with Gasteiger partial charge < -0.3 is 0 Å². The molecule has 0 fully saturated rings. The monoisotopic (exact) mass is 396 g/mol. The number of aromatic nitrogens is 4. The Labute approximate surface area is 174 Å². The summed E-state index contributed by atoms with van der Waals surface area (Å²) in [6.07, 6.45) is 5.08. The SMILES string of the molecule is O=C(CC(=O)c1ncccc1Cn1cncn1)c1cccc(Cc2ccccc2)c1. The minimum atomic E-state index is -0.302. The van der Waals surface area contributed by atoms with Crippen LogP contribution < -0.4 is 0 Å². The highest BCUT2D eigenvalue weighted by molar-refractivity contribution is 6.13. The maximum Gasteiger partial charge on any atom is 0.189 e. The molecule has 148 valence electrons. The molecule has 0 saturated heterocycles. The standard InChI is InChI=1S/C24H20N4O2/c29-22(20-9-4-8-19(13-20)12-18-6-2-1-3-7-18)14-23(30)24-21(10-5-11-26-24)15-28-17-25-16-27-28/h1-11,13,16-17H,12,14-15H2. The predicted octanol–water partition coefficient (Wildman–Crippen LogP) is 3.77. The first kappa shape index (κ1) is 19.4. The highest BCUT2D eigenvalue weighted by Gasteiger charge is 2.18. The molecule has 6 heteroatoms. The van der Waals surface area contributed by atoms with Gasteiger partial charge in [0.2, 0.25) is 0 Å². The first-order valence-electron chi connectivity index (χ1n) is 9.64. The molecule has 4 rings (SSSR count). The van der Waals surface area contributed by atoms with E-state index in [1.165, 1.54) is 11.9 Å². The normalized spacial score (nSPS) is 10.7. The highest BCUT2D eigenvalue weighted by Crippen LogP contribution is 2.15. The second-order valence-electron chi connectivity index (χ2n) is 6.99. The zero-order chi connectivity index (χ0) is 20.8. The van der Waals surface area contributed by atoms with Crippen molar-refractivity contribution >= 4 is 11.6 Å². The lowest BCUT2D eigenvalue weighted by atomic mass is 9.98. The summed E-state index contributed by atoms with van der Waals surface area (Å²) < 4.78 is 1.61. The van der Waals surface area contributed by atoms with E-state index in [0.29, 0.717) is 23.4 Å².